The third-order valence-electron chi connectivity index (χ3n) is 1.52. The van der Waals surface area contributed by atoms with Crippen molar-refractivity contribution in [2.24, 2.45) is 0 Å². The second-order valence-corrected chi connectivity index (χ2v) is 2.97. The fourth-order valence-corrected chi connectivity index (χ4v) is 1.02. The van der Waals surface area contributed by atoms with E-state index in [1.54, 1.807) is 0 Å². The van der Waals surface area contributed by atoms with E-state index in [-0.39, 0.29) is 6.61 Å². The molecule has 0 heterocycles. The largest absolute Gasteiger partial charge is 0.392 e. The zero-order valence-corrected chi connectivity index (χ0v) is 7.12. The SMILES string of the molecule is Cc1cc(CO)ccc1P. The molecule has 1 unspecified atom stereocenters. The summed E-state index contributed by atoms with van der Waals surface area (Å²) in [6.07, 6.45) is 0. The Kier molecular flexibility index (Phi) is 2.42. The van der Waals surface area contributed by atoms with Crippen molar-refractivity contribution in [2.45, 2.75) is 13.5 Å². The normalized spacial score (nSPS) is 9.90. The summed E-state index contributed by atoms with van der Waals surface area (Å²) in [6.45, 7) is 2.16. The molecule has 1 nitrogen and oxygen atoms in total. The zero-order chi connectivity index (χ0) is 7.56. The van der Waals surface area contributed by atoms with Gasteiger partial charge in [0, 0.05) is 0 Å². The first-order valence-electron chi connectivity index (χ1n) is 3.20. The summed E-state index contributed by atoms with van der Waals surface area (Å²) in [5, 5.41) is 9.94. The van der Waals surface area contributed by atoms with E-state index in [0.29, 0.717) is 0 Å². The molecule has 2 heteroatoms. The third-order valence-corrected chi connectivity index (χ3v) is 2.16. The van der Waals surface area contributed by atoms with Gasteiger partial charge in [0.1, 0.15) is 0 Å². The van der Waals surface area contributed by atoms with Crippen LogP contribution in [-0.2, 0) is 6.61 Å². The molecule has 54 valence electrons. The summed E-state index contributed by atoms with van der Waals surface area (Å²) in [5.74, 6) is 0. The fraction of sp³-hybridized carbons (Fsp3) is 0.250. The maximum absolute atomic E-state index is 8.75. The van der Waals surface area contributed by atoms with Crippen LogP contribution in [0.5, 0.6) is 0 Å². The lowest BCUT2D eigenvalue weighted by molar-refractivity contribution is 0.282. The van der Waals surface area contributed by atoms with Crippen LogP contribution in [0.15, 0.2) is 18.2 Å². The maximum Gasteiger partial charge on any atom is 0.0681 e. The highest BCUT2D eigenvalue weighted by atomic mass is 31.0. The number of aliphatic hydroxyl groups excluding tert-OH is 1. The van der Waals surface area contributed by atoms with Crippen LogP contribution < -0.4 is 5.30 Å². The van der Waals surface area contributed by atoms with Gasteiger partial charge in [0.2, 0.25) is 0 Å². The van der Waals surface area contributed by atoms with Crippen LogP contribution in [0, 0.1) is 6.92 Å². The Hall–Kier alpha value is -0.390. The molecule has 1 atom stereocenters. The van der Waals surface area contributed by atoms with Gasteiger partial charge < -0.3 is 5.11 Å². The Morgan fingerprint density at radius 3 is 2.70 bits per heavy atom. The van der Waals surface area contributed by atoms with E-state index in [1.165, 1.54) is 10.9 Å². The van der Waals surface area contributed by atoms with Gasteiger partial charge in [0.15, 0.2) is 0 Å². The van der Waals surface area contributed by atoms with Gasteiger partial charge in [-0.05, 0) is 23.4 Å². The number of benzene rings is 1. The minimum Gasteiger partial charge on any atom is -0.392 e. The van der Waals surface area contributed by atoms with E-state index in [0.717, 1.165) is 5.56 Å². The van der Waals surface area contributed by atoms with Crippen molar-refractivity contribution >= 4 is 14.5 Å². The average Bonchev–Trinajstić information content (AvgIpc) is 1.95. The first-order chi connectivity index (χ1) is 4.74. The summed E-state index contributed by atoms with van der Waals surface area (Å²) < 4.78 is 0. The number of aliphatic hydroxyl groups is 1. The number of aryl methyl sites for hydroxylation is 1. The van der Waals surface area contributed by atoms with Crippen LogP contribution in [0.4, 0.5) is 0 Å². The van der Waals surface area contributed by atoms with Crippen molar-refractivity contribution in [3.8, 4) is 0 Å². The smallest absolute Gasteiger partial charge is 0.0681 e. The van der Waals surface area contributed by atoms with Crippen molar-refractivity contribution in [1.29, 1.82) is 0 Å². The Bertz CT molecular complexity index is 233. The van der Waals surface area contributed by atoms with Crippen molar-refractivity contribution in [3.63, 3.8) is 0 Å². The molecular formula is C8H11OP. The molecule has 0 fully saturated rings. The molecule has 1 N–H and O–H groups in total. The summed E-state index contributed by atoms with van der Waals surface area (Å²) >= 11 is 0. The van der Waals surface area contributed by atoms with Crippen LogP contribution in [0.2, 0.25) is 0 Å². The van der Waals surface area contributed by atoms with Crippen LogP contribution in [0.1, 0.15) is 11.1 Å². The third kappa shape index (κ3) is 1.56. The van der Waals surface area contributed by atoms with Crippen LogP contribution in [0.25, 0.3) is 0 Å². The Morgan fingerprint density at radius 2 is 2.20 bits per heavy atom. The van der Waals surface area contributed by atoms with Gasteiger partial charge in [-0.2, -0.15) is 0 Å². The van der Waals surface area contributed by atoms with E-state index < -0.39 is 0 Å². The van der Waals surface area contributed by atoms with E-state index in [1.807, 2.05) is 25.1 Å². The number of hydrogen-bond acceptors (Lipinski definition) is 1. The minimum atomic E-state index is 0.131. The van der Waals surface area contributed by atoms with Gasteiger partial charge in [0.25, 0.3) is 0 Å². The Labute approximate surface area is 63.3 Å². The molecule has 0 bridgehead atoms. The summed E-state index contributed by atoms with van der Waals surface area (Å²) in [7, 11) is 2.65. The number of hydrogen-bond donors (Lipinski definition) is 1. The molecule has 0 spiro atoms. The van der Waals surface area contributed by atoms with Gasteiger partial charge in [-0.25, -0.2) is 0 Å². The molecule has 0 aliphatic rings. The quantitative estimate of drug-likeness (QED) is 0.598. The lowest BCUT2D eigenvalue weighted by Gasteiger charge is -2.00. The van der Waals surface area contributed by atoms with Crippen LogP contribution >= 0.6 is 9.24 Å². The molecule has 0 aromatic heterocycles. The van der Waals surface area contributed by atoms with Gasteiger partial charge >= 0.3 is 0 Å². The van der Waals surface area contributed by atoms with E-state index in [9.17, 15) is 0 Å². The lowest BCUT2D eigenvalue weighted by Crippen LogP contribution is -1.97. The molecule has 0 amide bonds. The monoisotopic (exact) mass is 154 g/mol. The Morgan fingerprint density at radius 1 is 1.50 bits per heavy atom. The van der Waals surface area contributed by atoms with Crippen LogP contribution in [-0.4, -0.2) is 5.11 Å². The highest BCUT2D eigenvalue weighted by molar-refractivity contribution is 7.27. The first-order valence-corrected chi connectivity index (χ1v) is 3.77. The first kappa shape index (κ1) is 7.71. The average molecular weight is 154 g/mol. The standard InChI is InChI=1S/C8H11OP/c1-6-4-7(5-9)2-3-8(6)10/h2-4,9H,5,10H2,1H3. The van der Waals surface area contributed by atoms with Crippen molar-refractivity contribution in [2.75, 3.05) is 0 Å². The van der Waals surface area contributed by atoms with Crippen molar-refractivity contribution < 1.29 is 5.11 Å². The number of rotatable bonds is 1. The predicted octanol–water partition coefficient (Wildman–Crippen LogP) is 0.988. The Balaban J connectivity index is 3.04. The molecule has 1 aromatic rings. The lowest BCUT2D eigenvalue weighted by atomic mass is 10.1. The van der Waals surface area contributed by atoms with Gasteiger partial charge in [-0.1, -0.05) is 18.2 Å². The second kappa shape index (κ2) is 3.14. The maximum atomic E-state index is 8.75. The molecule has 1 rings (SSSR count). The highest BCUT2D eigenvalue weighted by Gasteiger charge is 1.92. The second-order valence-electron chi connectivity index (χ2n) is 2.35. The minimum absolute atomic E-state index is 0.131. The van der Waals surface area contributed by atoms with Crippen molar-refractivity contribution in [3.05, 3.63) is 29.3 Å². The molecule has 10 heavy (non-hydrogen) atoms. The summed E-state index contributed by atoms with van der Waals surface area (Å²) in [5.41, 5.74) is 2.18. The van der Waals surface area contributed by atoms with Crippen LogP contribution in [0.3, 0.4) is 0 Å². The zero-order valence-electron chi connectivity index (χ0n) is 5.96. The predicted molar refractivity (Wildman–Crippen MR) is 46.4 cm³/mol. The van der Waals surface area contributed by atoms with Gasteiger partial charge in [0.05, 0.1) is 6.61 Å². The topological polar surface area (TPSA) is 20.2 Å². The van der Waals surface area contributed by atoms with Gasteiger partial charge in [-0.3, -0.25) is 0 Å². The molecule has 0 saturated heterocycles. The fourth-order valence-electron chi connectivity index (χ4n) is 0.836. The van der Waals surface area contributed by atoms with E-state index >= 15 is 0 Å². The summed E-state index contributed by atoms with van der Waals surface area (Å²) in [4.78, 5) is 0. The molecule has 0 aliphatic carbocycles. The van der Waals surface area contributed by atoms with Crippen molar-refractivity contribution in [1.82, 2.24) is 0 Å². The molecule has 0 radical (unpaired) electrons. The molecule has 0 saturated carbocycles. The molecule has 1 aromatic carbocycles. The summed E-state index contributed by atoms with van der Waals surface area (Å²) in [6, 6.07) is 5.91. The van der Waals surface area contributed by atoms with E-state index in [2.05, 4.69) is 9.24 Å². The van der Waals surface area contributed by atoms with E-state index in [4.69, 9.17) is 5.11 Å². The van der Waals surface area contributed by atoms with Gasteiger partial charge in [-0.15, -0.1) is 9.24 Å². The molecule has 0 aliphatic heterocycles. The molecular weight excluding hydrogens is 143 g/mol. The highest BCUT2D eigenvalue weighted by Crippen LogP contribution is 2.03.